The molecule has 0 radical (unpaired) electrons. The van der Waals surface area contributed by atoms with Crippen molar-refractivity contribution in [2.45, 2.75) is 132 Å². The van der Waals surface area contributed by atoms with E-state index in [1.165, 1.54) is 18.4 Å². The van der Waals surface area contributed by atoms with Crippen LogP contribution in [-0.4, -0.2) is 111 Å². The van der Waals surface area contributed by atoms with Gasteiger partial charge in [-0.1, -0.05) is 26.8 Å². The van der Waals surface area contributed by atoms with Gasteiger partial charge in [0.15, 0.2) is 17.6 Å². The number of aliphatic hydroxyl groups is 4. The molecule has 0 amide bonds. The van der Waals surface area contributed by atoms with Crippen LogP contribution >= 0.6 is 0 Å². The molecule has 11 nitrogen and oxygen atoms in total. The Balaban J connectivity index is 1.27. The van der Waals surface area contributed by atoms with E-state index in [9.17, 15) is 30.3 Å². The van der Waals surface area contributed by atoms with E-state index in [2.05, 4.69) is 31.7 Å². The lowest BCUT2D eigenvalue weighted by molar-refractivity contribution is -0.312. The molecule has 1 aromatic rings. The topological polar surface area (TPSA) is 158 Å². The van der Waals surface area contributed by atoms with E-state index in [0.29, 0.717) is 11.8 Å². The molecule has 3 aliphatic heterocycles. The van der Waals surface area contributed by atoms with E-state index in [4.69, 9.17) is 18.9 Å². The number of hydrogen-bond acceptors (Lipinski definition) is 10. The third-order valence-electron chi connectivity index (χ3n) is 13.9. The molecular formula is C35H49NO10. The van der Waals surface area contributed by atoms with Crippen molar-refractivity contribution in [2.24, 2.45) is 22.7 Å². The number of carboxylic acids is 1. The summed E-state index contributed by atoms with van der Waals surface area (Å²) in [5.41, 5.74) is -0.512. The summed E-state index contributed by atoms with van der Waals surface area (Å²) in [6.07, 6.45) is -2.16. The van der Waals surface area contributed by atoms with Gasteiger partial charge < -0.3 is 44.5 Å². The van der Waals surface area contributed by atoms with Crippen LogP contribution in [0.1, 0.15) is 77.3 Å². The molecule has 4 saturated carbocycles. The van der Waals surface area contributed by atoms with Gasteiger partial charge in [0.2, 0.25) is 6.29 Å². The zero-order chi connectivity index (χ0) is 32.8. The Labute approximate surface area is 269 Å². The van der Waals surface area contributed by atoms with Gasteiger partial charge in [-0.2, -0.15) is 0 Å². The fourth-order valence-corrected chi connectivity index (χ4v) is 10.9. The number of nitrogens with zero attached hydrogens (tertiary/aromatic N) is 1. The van der Waals surface area contributed by atoms with E-state index in [1.54, 1.807) is 13.2 Å². The predicted molar refractivity (Wildman–Crippen MR) is 163 cm³/mol. The summed E-state index contributed by atoms with van der Waals surface area (Å²) in [4.78, 5) is 14.5. The number of likely N-dealkylation sites (tertiary alicyclic amines) is 1. The highest BCUT2D eigenvalue weighted by atomic mass is 16.7. The molecular weight excluding hydrogens is 594 g/mol. The Bertz CT molecular complexity index is 1440. The number of hydrogen-bond donors (Lipinski definition) is 5. The van der Waals surface area contributed by atoms with E-state index in [-0.39, 0.29) is 22.5 Å². The molecule has 5 N–H and O–H groups in total. The van der Waals surface area contributed by atoms with Crippen molar-refractivity contribution >= 4 is 5.97 Å². The van der Waals surface area contributed by atoms with E-state index in [1.807, 2.05) is 6.92 Å². The Hall–Kier alpha value is -1.99. The number of methoxy groups -OCH3 is 1. The third kappa shape index (κ3) is 3.76. The van der Waals surface area contributed by atoms with Gasteiger partial charge in [0.05, 0.1) is 5.60 Å². The lowest BCUT2D eigenvalue weighted by atomic mass is 9.33. The molecule has 6 fully saturated rings. The van der Waals surface area contributed by atoms with Gasteiger partial charge in [0.1, 0.15) is 30.0 Å². The average molecular weight is 644 g/mol. The van der Waals surface area contributed by atoms with Gasteiger partial charge in [-0.25, -0.2) is 4.79 Å². The highest BCUT2D eigenvalue weighted by Gasteiger charge is 2.82. The minimum atomic E-state index is -1.81. The quantitative estimate of drug-likeness (QED) is 0.296. The number of ether oxygens (including phenoxy) is 4. The number of carbonyl (C=O) groups is 1. The zero-order valence-electron chi connectivity index (χ0n) is 27.4. The van der Waals surface area contributed by atoms with Crippen LogP contribution in [0.15, 0.2) is 12.1 Å². The number of fused-ring (bicyclic) bond motifs is 2. The number of carboxylic acid groups (broad SMARTS) is 1. The number of rotatable bonds is 7. The number of piperidine rings is 1. The number of benzene rings is 1. The number of aliphatic carboxylic acids is 1. The molecule has 1 aromatic carbocycles. The first-order chi connectivity index (χ1) is 21.6. The van der Waals surface area contributed by atoms with Crippen LogP contribution < -0.4 is 9.47 Å². The predicted octanol–water partition coefficient (Wildman–Crippen LogP) is 1.98. The Kier molecular flexibility index (Phi) is 6.67. The van der Waals surface area contributed by atoms with Crippen LogP contribution in [-0.2, 0) is 26.1 Å². The Morgan fingerprint density at radius 1 is 1.07 bits per heavy atom. The van der Waals surface area contributed by atoms with Crippen molar-refractivity contribution < 1.29 is 49.3 Å². The first-order valence-corrected chi connectivity index (χ1v) is 17.1. The van der Waals surface area contributed by atoms with E-state index in [0.717, 1.165) is 56.7 Å². The highest BCUT2D eigenvalue weighted by Crippen LogP contribution is 2.78. The van der Waals surface area contributed by atoms with Crippen molar-refractivity contribution in [2.75, 3.05) is 20.2 Å². The van der Waals surface area contributed by atoms with Gasteiger partial charge in [0.25, 0.3) is 0 Å². The molecule has 2 spiro atoms. The third-order valence-corrected chi connectivity index (χ3v) is 13.9. The summed E-state index contributed by atoms with van der Waals surface area (Å²) in [5.74, 6) is -0.0821. The van der Waals surface area contributed by atoms with Crippen molar-refractivity contribution in [1.82, 2.24) is 4.90 Å². The average Bonchev–Trinajstić information content (AvgIpc) is 3.75. The minimum Gasteiger partial charge on any atom is -0.482 e. The fourth-order valence-electron chi connectivity index (χ4n) is 10.9. The standard InChI is InChI=1S/C35H49NO10/c1-31(2,3)32(4,42)20-15-33-10-11-35(20,43-5)30-34(33)12-13-36(16-17-6-7-17)21(33)14-18-8-9-19(26(46-30)22(18)34)44-29-25(39)23(37)24(38)27(45-29)28(40)41/h8-9,17,20-21,23-25,27,29-30,37-39,42H,6-7,10-16H2,1-5H3,(H,40,41)/t20?,21-,23+,24+,25-,27+,29?,30-,32+,33-,34+,35?/m1/s1. The molecule has 8 aliphatic rings. The molecule has 3 unspecified atom stereocenters. The summed E-state index contributed by atoms with van der Waals surface area (Å²) in [5, 5.41) is 53.6. The molecule has 46 heavy (non-hydrogen) atoms. The van der Waals surface area contributed by atoms with Crippen LogP contribution in [0.2, 0.25) is 0 Å². The van der Waals surface area contributed by atoms with Crippen molar-refractivity contribution in [3.8, 4) is 11.5 Å². The zero-order valence-corrected chi connectivity index (χ0v) is 27.4. The van der Waals surface area contributed by atoms with Crippen LogP contribution in [0.4, 0.5) is 0 Å². The van der Waals surface area contributed by atoms with Crippen LogP contribution in [0, 0.1) is 22.7 Å². The van der Waals surface area contributed by atoms with Crippen molar-refractivity contribution in [3.05, 3.63) is 23.3 Å². The second kappa shape index (κ2) is 9.80. The highest BCUT2D eigenvalue weighted by molar-refractivity contribution is 5.73. The second-order valence-electron chi connectivity index (χ2n) is 16.6. The molecule has 4 bridgehead atoms. The van der Waals surface area contributed by atoms with Crippen LogP contribution in [0.25, 0.3) is 0 Å². The minimum absolute atomic E-state index is 0.169. The SMILES string of the molecule is COC12CC[C@@]3(CC1[C@](C)(O)C(C)(C)C)[C@H]1Cc4ccc(OC5O[C@H](C(=O)O)[C@@H](O)[C@H](O)[C@H]5O)c5c4[C@@]3(CCN1CC1CC1)[C@H]2O5. The first-order valence-electron chi connectivity index (χ1n) is 17.1. The van der Waals surface area contributed by atoms with E-state index < -0.39 is 59.4 Å². The Morgan fingerprint density at radius 2 is 1.80 bits per heavy atom. The maximum absolute atomic E-state index is 12.4. The lowest BCUT2D eigenvalue weighted by Crippen LogP contribution is -2.83. The second-order valence-corrected chi connectivity index (χ2v) is 16.6. The van der Waals surface area contributed by atoms with Gasteiger partial charge in [-0.15, -0.1) is 0 Å². The normalized spacial score (nSPS) is 45.5. The monoisotopic (exact) mass is 643 g/mol. The molecule has 0 aromatic heterocycles. The lowest BCUT2D eigenvalue weighted by Gasteiger charge is -2.75. The maximum atomic E-state index is 12.4. The summed E-state index contributed by atoms with van der Waals surface area (Å²) >= 11 is 0. The molecule has 9 rings (SSSR count). The Morgan fingerprint density at radius 3 is 2.46 bits per heavy atom. The van der Waals surface area contributed by atoms with Crippen molar-refractivity contribution in [1.29, 1.82) is 0 Å². The van der Waals surface area contributed by atoms with Crippen LogP contribution in [0.5, 0.6) is 11.5 Å². The molecule has 3 heterocycles. The van der Waals surface area contributed by atoms with Crippen LogP contribution in [0.3, 0.4) is 0 Å². The van der Waals surface area contributed by atoms with Gasteiger partial charge >= 0.3 is 5.97 Å². The molecule has 11 heteroatoms. The largest absolute Gasteiger partial charge is 0.482 e. The molecule has 254 valence electrons. The summed E-state index contributed by atoms with van der Waals surface area (Å²) in [7, 11) is 1.75. The maximum Gasteiger partial charge on any atom is 0.335 e. The summed E-state index contributed by atoms with van der Waals surface area (Å²) in [6.45, 7) is 10.3. The number of aliphatic hydroxyl groups excluding tert-OH is 3. The molecule has 5 aliphatic carbocycles. The smallest absolute Gasteiger partial charge is 0.335 e. The van der Waals surface area contributed by atoms with Crippen molar-refractivity contribution in [3.63, 3.8) is 0 Å². The summed E-state index contributed by atoms with van der Waals surface area (Å²) < 4.78 is 25.5. The summed E-state index contributed by atoms with van der Waals surface area (Å²) in [6, 6.07) is 4.14. The van der Waals surface area contributed by atoms with Gasteiger partial charge in [-0.05, 0) is 81.4 Å². The molecule has 12 atom stereocenters. The molecule has 2 saturated heterocycles. The fraction of sp³-hybridized carbons (Fsp3) is 0.800. The first kappa shape index (κ1) is 31.3. The van der Waals surface area contributed by atoms with Gasteiger partial charge in [0, 0.05) is 42.0 Å². The van der Waals surface area contributed by atoms with Gasteiger partial charge in [-0.3, -0.25) is 4.90 Å². The van der Waals surface area contributed by atoms with E-state index >= 15 is 0 Å².